The van der Waals surface area contributed by atoms with Crippen LogP contribution < -0.4 is 10.6 Å². The number of hydrogen-bond donors (Lipinski definition) is 2. The van der Waals surface area contributed by atoms with Gasteiger partial charge in [0.05, 0.1) is 19.8 Å². The summed E-state index contributed by atoms with van der Waals surface area (Å²) in [6, 6.07) is 37.2. The first-order chi connectivity index (χ1) is 22.3. The molecular formula is C38H30Cl2N4S2. The third-order valence-corrected chi connectivity index (χ3v) is 8.62. The van der Waals surface area contributed by atoms with Crippen LogP contribution >= 0.6 is 47.6 Å². The van der Waals surface area contributed by atoms with E-state index in [9.17, 15) is 0 Å². The number of benzene rings is 4. The maximum Gasteiger partial charge on any atom is 0.130 e. The lowest BCUT2D eigenvalue weighted by Crippen LogP contribution is -2.03. The average Bonchev–Trinajstić information content (AvgIpc) is 3.06. The van der Waals surface area contributed by atoms with E-state index >= 15 is 0 Å². The van der Waals surface area contributed by atoms with E-state index in [-0.39, 0.29) is 0 Å². The van der Waals surface area contributed by atoms with Crippen molar-refractivity contribution in [3.05, 3.63) is 177 Å². The molecule has 46 heavy (non-hydrogen) atoms. The maximum atomic E-state index is 6.45. The number of nitrogens with zero attached hydrogens (tertiary/aromatic N) is 2. The van der Waals surface area contributed by atoms with Crippen molar-refractivity contribution in [3.8, 4) is 0 Å². The third-order valence-electron chi connectivity index (χ3n) is 7.11. The minimum atomic E-state index is 0.624. The molecule has 0 amide bonds. The summed E-state index contributed by atoms with van der Waals surface area (Å²) in [4.78, 5) is 9.77. The van der Waals surface area contributed by atoms with Gasteiger partial charge in [-0.2, -0.15) is 0 Å². The SMILES string of the molecule is Cc1ccccc1C(=S)c1ccc(Nc2ccccn2)cc1Cl.Cc1ccccc1C(=S)c1ccc(Nc2ccncc2)cc1Cl. The lowest BCUT2D eigenvalue weighted by atomic mass is 10.00. The minimum Gasteiger partial charge on any atom is -0.355 e. The summed E-state index contributed by atoms with van der Waals surface area (Å²) in [7, 11) is 0. The van der Waals surface area contributed by atoms with Crippen LogP contribution in [0, 0.1) is 13.8 Å². The number of aryl methyl sites for hydroxylation is 2. The van der Waals surface area contributed by atoms with Gasteiger partial charge in [-0.1, -0.05) is 102 Å². The Morgan fingerprint density at radius 2 is 1.02 bits per heavy atom. The summed E-state index contributed by atoms with van der Waals surface area (Å²) in [5.41, 5.74) is 8.86. The first-order valence-electron chi connectivity index (χ1n) is 14.4. The quantitative estimate of drug-likeness (QED) is 0.124. The first kappa shape index (κ1) is 32.9. The largest absolute Gasteiger partial charge is 0.355 e. The van der Waals surface area contributed by atoms with E-state index < -0.39 is 0 Å². The van der Waals surface area contributed by atoms with Crippen molar-refractivity contribution >= 4 is 80.2 Å². The Labute approximate surface area is 290 Å². The summed E-state index contributed by atoms with van der Waals surface area (Å²) in [6.07, 6.45) is 5.23. The number of aromatic nitrogens is 2. The van der Waals surface area contributed by atoms with Gasteiger partial charge in [0.2, 0.25) is 0 Å². The fourth-order valence-corrected chi connectivity index (χ4v) is 6.16. The van der Waals surface area contributed by atoms with E-state index in [0.29, 0.717) is 10.0 Å². The van der Waals surface area contributed by atoms with Gasteiger partial charge >= 0.3 is 0 Å². The van der Waals surface area contributed by atoms with Gasteiger partial charge < -0.3 is 10.6 Å². The molecule has 0 saturated heterocycles. The average molecular weight is 678 g/mol. The number of thiocarbonyl (C=S) groups is 2. The third kappa shape index (κ3) is 8.42. The topological polar surface area (TPSA) is 49.8 Å². The van der Waals surface area contributed by atoms with E-state index in [1.807, 2.05) is 116 Å². The molecule has 0 fully saturated rings. The normalized spacial score (nSPS) is 10.3. The summed E-state index contributed by atoms with van der Waals surface area (Å²) < 4.78 is 0. The zero-order valence-corrected chi connectivity index (χ0v) is 28.3. The Hall–Kier alpha value is -4.46. The van der Waals surface area contributed by atoms with Gasteiger partial charge in [0.15, 0.2) is 0 Å². The van der Waals surface area contributed by atoms with Gasteiger partial charge in [-0.05, 0) is 96.8 Å². The standard InChI is InChI=1S/2C19H15ClN2S/c1-13-6-2-3-7-15(13)19(23)16-10-9-14(12-17(16)20)22-18-8-4-5-11-21-18;1-13-4-2-3-5-16(13)19(23)17-7-6-15(12-18(17)20)22-14-8-10-21-11-9-14/h2*2-12H,1H3,(H,21,22). The van der Waals surface area contributed by atoms with Crippen LogP contribution in [0.2, 0.25) is 10.0 Å². The fourth-order valence-electron chi connectivity index (χ4n) is 4.69. The Kier molecular flexibility index (Phi) is 11.2. The molecule has 228 valence electrons. The highest BCUT2D eigenvalue weighted by Crippen LogP contribution is 2.28. The molecule has 0 aliphatic heterocycles. The molecule has 2 N–H and O–H groups in total. The Morgan fingerprint density at radius 1 is 0.522 bits per heavy atom. The number of rotatable bonds is 8. The minimum absolute atomic E-state index is 0.624. The fraction of sp³-hybridized carbons (Fsp3) is 0.0526. The number of pyridine rings is 2. The first-order valence-corrected chi connectivity index (χ1v) is 16.0. The molecular weight excluding hydrogens is 647 g/mol. The summed E-state index contributed by atoms with van der Waals surface area (Å²) in [5.74, 6) is 0.776. The van der Waals surface area contributed by atoms with Crippen LogP contribution in [0.15, 0.2) is 134 Å². The zero-order valence-electron chi connectivity index (χ0n) is 25.2. The maximum absolute atomic E-state index is 6.45. The molecule has 8 heteroatoms. The predicted octanol–water partition coefficient (Wildman–Crippen LogP) is 11.1. The highest BCUT2D eigenvalue weighted by molar-refractivity contribution is 7.81. The van der Waals surface area contributed by atoms with E-state index in [0.717, 1.165) is 66.0 Å². The van der Waals surface area contributed by atoms with Crippen LogP contribution in [0.1, 0.15) is 33.4 Å². The lowest BCUT2D eigenvalue weighted by molar-refractivity contribution is 1.31. The van der Waals surface area contributed by atoms with Gasteiger partial charge in [0.25, 0.3) is 0 Å². The van der Waals surface area contributed by atoms with Crippen LogP contribution in [0.4, 0.5) is 22.9 Å². The van der Waals surface area contributed by atoms with Crippen LogP contribution in [-0.2, 0) is 0 Å². The lowest BCUT2D eigenvalue weighted by Gasteiger charge is -2.12. The van der Waals surface area contributed by atoms with Crippen LogP contribution in [-0.4, -0.2) is 19.7 Å². The summed E-state index contributed by atoms with van der Waals surface area (Å²) in [5, 5.41) is 7.78. The molecule has 0 aliphatic carbocycles. The number of anilines is 4. The Bertz CT molecular complexity index is 1840. The highest BCUT2D eigenvalue weighted by atomic mass is 35.5. The smallest absolute Gasteiger partial charge is 0.130 e. The van der Waals surface area contributed by atoms with Gasteiger partial charge in [-0.3, -0.25) is 4.98 Å². The Morgan fingerprint density at radius 3 is 1.50 bits per heavy atom. The molecule has 0 radical (unpaired) electrons. The van der Waals surface area contributed by atoms with Crippen molar-refractivity contribution in [3.63, 3.8) is 0 Å². The second-order valence-corrected chi connectivity index (χ2v) is 12.0. The number of nitrogens with one attached hydrogen (secondary N) is 2. The second-order valence-electron chi connectivity index (χ2n) is 10.4. The monoisotopic (exact) mass is 676 g/mol. The molecule has 6 aromatic rings. The van der Waals surface area contributed by atoms with Crippen molar-refractivity contribution in [1.29, 1.82) is 0 Å². The molecule has 2 heterocycles. The molecule has 0 aliphatic rings. The number of halogens is 2. The molecule has 0 unspecified atom stereocenters. The van der Waals surface area contributed by atoms with Crippen molar-refractivity contribution in [1.82, 2.24) is 9.97 Å². The van der Waals surface area contributed by atoms with E-state index in [1.54, 1.807) is 18.6 Å². The van der Waals surface area contributed by atoms with E-state index in [1.165, 1.54) is 0 Å². The summed E-state index contributed by atoms with van der Waals surface area (Å²) in [6.45, 7) is 4.10. The van der Waals surface area contributed by atoms with Crippen molar-refractivity contribution in [2.45, 2.75) is 13.8 Å². The molecule has 4 nitrogen and oxygen atoms in total. The molecule has 0 atom stereocenters. The molecule has 6 rings (SSSR count). The van der Waals surface area contributed by atoms with Crippen molar-refractivity contribution < 1.29 is 0 Å². The van der Waals surface area contributed by atoms with Gasteiger partial charge in [-0.15, -0.1) is 0 Å². The highest BCUT2D eigenvalue weighted by Gasteiger charge is 2.13. The number of hydrogen-bond acceptors (Lipinski definition) is 6. The zero-order chi connectivity index (χ0) is 32.5. The molecule has 0 spiro atoms. The van der Waals surface area contributed by atoms with Crippen LogP contribution in [0.5, 0.6) is 0 Å². The molecule has 0 saturated carbocycles. The van der Waals surface area contributed by atoms with E-state index in [4.69, 9.17) is 47.6 Å². The molecule has 4 aromatic carbocycles. The van der Waals surface area contributed by atoms with Crippen molar-refractivity contribution in [2.75, 3.05) is 10.6 Å². The van der Waals surface area contributed by atoms with Gasteiger partial charge in [-0.25, -0.2) is 4.98 Å². The van der Waals surface area contributed by atoms with Crippen molar-refractivity contribution in [2.24, 2.45) is 0 Å². The molecule has 0 bridgehead atoms. The molecule has 2 aromatic heterocycles. The Balaban J connectivity index is 0.000000181. The predicted molar refractivity (Wildman–Crippen MR) is 202 cm³/mol. The van der Waals surface area contributed by atoms with Crippen LogP contribution in [0.3, 0.4) is 0 Å². The van der Waals surface area contributed by atoms with Crippen LogP contribution in [0.25, 0.3) is 0 Å². The van der Waals surface area contributed by atoms with E-state index in [2.05, 4.69) is 33.6 Å². The summed E-state index contributed by atoms with van der Waals surface area (Å²) >= 11 is 24.1. The van der Waals surface area contributed by atoms with Gasteiger partial charge in [0.1, 0.15) is 5.82 Å². The van der Waals surface area contributed by atoms with Gasteiger partial charge in [0, 0.05) is 46.8 Å². The second kappa shape index (κ2) is 15.7.